The quantitative estimate of drug-likeness (QED) is 0.922. The van der Waals surface area contributed by atoms with Gasteiger partial charge in [-0.25, -0.2) is 0 Å². The number of hydrogen-bond acceptors (Lipinski definition) is 3. The predicted molar refractivity (Wildman–Crippen MR) is 90.9 cm³/mol. The van der Waals surface area contributed by atoms with Crippen molar-refractivity contribution >= 4 is 11.8 Å². The van der Waals surface area contributed by atoms with Gasteiger partial charge in [0.15, 0.2) is 0 Å². The number of likely N-dealkylation sites (N-methyl/N-ethyl adjacent to an activating group) is 1. The number of carbonyl (C=O) groups excluding carboxylic acids is 2. The Balaban J connectivity index is 2.06. The van der Waals surface area contributed by atoms with Gasteiger partial charge in [-0.05, 0) is 12.6 Å². The van der Waals surface area contributed by atoms with Gasteiger partial charge in [0.1, 0.15) is 0 Å². The van der Waals surface area contributed by atoms with Crippen LogP contribution in [-0.4, -0.2) is 54.8 Å². The molecule has 1 aromatic carbocycles. The molecule has 0 radical (unpaired) electrons. The summed E-state index contributed by atoms with van der Waals surface area (Å²) in [7, 11) is 2.07. The number of benzene rings is 1. The Hall–Kier alpha value is -1.88. The molecule has 0 aromatic heterocycles. The molecule has 1 saturated heterocycles. The summed E-state index contributed by atoms with van der Waals surface area (Å²) in [5, 5.41) is 2.76. The molecule has 1 aliphatic rings. The Morgan fingerprint density at radius 1 is 1.17 bits per heavy atom. The summed E-state index contributed by atoms with van der Waals surface area (Å²) in [4.78, 5) is 28.7. The molecule has 2 rings (SSSR count). The lowest BCUT2D eigenvalue weighted by Crippen LogP contribution is -2.52. The highest BCUT2D eigenvalue weighted by molar-refractivity contribution is 5.87. The van der Waals surface area contributed by atoms with Gasteiger partial charge in [-0.2, -0.15) is 0 Å². The van der Waals surface area contributed by atoms with Gasteiger partial charge in [-0.1, -0.05) is 51.1 Å². The maximum Gasteiger partial charge on any atom is 0.242 e. The average molecular weight is 317 g/mol. The molecule has 0 spiro atoms. The highest BCUT2D eigenvalue weighted by Crippen LogP contribution is 2.24. The van der Waals surface area contributed by atoms with E-state index in [4.69, 9.17) is 0 Å². The zero-order valence-corrected chi connectivity index (χ0v) is 14.5. The molecule has 1 aromatic rings. The summed E-state index contributed by atoms with van der Waals surface area (Å²) >= 11 is 0. The van der Waals surface area contributed by atoms with Crippen LogP contribution in [0.1, 0.15) is 32.4 Å². The van der Waals surface area contributed by atoms with Crippen molar-refractivity contribution in [2.24, 2.45) is 5.41 Å². The topological polar surface area (TPSA) is 52.6 Å². The average Bonchev–Trinajstić information content (AvgIpc) is 2.52. The van der Waals surface area contributed by atoms with Crippen LogP contribution in [0.3, 0.4) is 0 Å². The van der Waals surface area contributed by atoms with E-state index in [2.05, 4.69) is 29.4 Å². The van der Waals surface area contributed by atoms with Crippen molar-refractivity contribution in [1.82, 2.24) is 15.1 Å². The summed E-state index contributed by atoms with van der Waals surface area (Å²) in [6.07, 6.45) is 0. The number of nitrogens with one attached hydrogen (secondary N) is 1. The molecular weight excluding hydrogens is 290 g/mol. The van der Waals surface area contributed by atoms with E-state index in [0.717, 1.165) is 18.7 Å². The second-order valence-electron chi connectivity index (χ2n) is 7.21. The molecule has 1 N–H and O–H groups in total. The molecule has 1 heterocycles. The standard InChI is InChI=1S/C18H27N3O2/c1-18(2,3)17(23)19-12-16(22)21-11-10-20(4)13-15(21)14-8-6-5-7-9-14/h5-9,15H,10-13H2,1-4H3,(H,19,23)/t15-/m1/s1. The van der Waals surface area contributed by atoms with Crippen LogP contribution in [0.5, 0.6) is 0 Å². The third-order valence-electron chi connectivity index (χ3n) is 4.17. The molecule has 1 fully saturated rings. The van der Waals surface area contributed by atoms with Gasteiger partial charge in [0.2, 0.25) is 11.8 Å². The Kier molecular flexibility index (Phi) is 5.42. The molecule has 5 heteroatoms. The highest BCUT2D eigenvalue weighted by atomic mass is 16.2. The minimum absolute atomic E-state index is 0.0236. The molecule has 126 valence electrons. The van der Waals surface area contributed by atoms with Crippen molar-refractivity contribution < 1.29 is 9.59 Å². The fraction of sp³-hybridized carbons (Fsp3) is 0.556. The van der Waals surface area contributed by atoms with Crippen molar-refractivity contribution in [2.75, 3.05) is 33.2 Å². The van der Waals surface area contributed by atoms with Crippen molar-refractivity contribution in [3.8, 4) is 0 Å². The van der Waals surface area contributed by atoms with Gasteiger partial charge >= 0.3 is 0 Å². The lowest BCUT2D eigenvalue weighted by Gasteiger charge is -2.40. The SMILES string of the molecule is CN1CCN(C(=O)CNC(=O)C(C)(C)C)[C@@H](c2ccccc2)C1. The van der Waals surface area contributed by atoms with Crippen LogP contribution in [0.15, 0.2) is 30.3 Å². The van der Waals surface area contributed by atoms with E-state index in [1.54, 1.807) is 0 Å². The second kappa shape index (κ2) is 7.13. The smallest absolute Gasteiger partial charge is 0.242 e. The Labute approximate surface area is 138 Å². The van der Waals surface area contributed by atoms with Crippen LogP contribution < -0.4 is 5.32 Å². The molecule has 0 unspecified atom stereocenters. The van der Waals surface area contributed by atoms with E-state index in [9.17, 15) is 9.59 Å². The summed E-state index contributed by atoms with van der Waals surface area (Å²) in [6.45, 7) is 7.93. The van der Waals surface area contributed by atoms with Crippen LogP contribution in [-0.2, 0) is 9.59 Å². The largest absolute Gasteiger partial charge is 0.347 e. The maximum atomic E-state index is 12.6. The number of amides is 2. The van der Waals surface area contributed by atoms with Crippen LogP contribution in [0, 0.1) is 5.41 Å². The van der Waals surface area contributed by atoms with Crippen molar-refractivity contribution in [3.05, 3.63) is 35.9 Å². The number of nitrogens with zero attached hydrogens (tertiary/aromatic N) is 2. The van der Waals surface area contributed by atoms with Crippen LogP contribution in [0.25, 0.3) is 0 Å². The van der Waals surface area contributed by atoms with E-state index >= 15 is 0 Å². The lowest BCUT2D eigenvalue weighted by atomic mass is 9.96. The van der Waals surface area contributed by atoms with E-state index in [1.165, 1.54) is 0 Å². The first-order valence-corrected chi connectivity index (χ1v) is 8.10. The van der Waals surface area contributed by atoms with Crippen molar-refractivity contribution in [3.63, 3.8) is 0 Å². The predicted octanol–water partition coefficient (Wildman–Crippen LogP) is 1.66. The number of hydrogen-bond donors (Lipinski definition) is 1. The Morgan fingerprint density at radius 3 is 2.43 bits per heavy atom. The summed E-state index contributed by atoms with van der Waals surface area (Å²) in [5.41, 5.74) is 0.649. The summed E-state index contributed by atoms with van der Waals surface area (Å²) in [6, 6.07) is 10.1. The second-order valence-corrected chi connectivity index (χ2v) is 7.21. The number of rotatable bonds is 3. The lowest BCUT2D eigenvalue weighted by molar-refractivity contribution is -0.138. The summed E-state index contributed by atoms with van der Waals surface area (Å²) in [5.74, 6) is -0.124. The van der Waals surface area contributed by atoms with Crippen molar-refractivity contribution in [1.29, 1.82) is 0 Å². The van der Waals surface area contributed by atoms with E-state index < -0.39 is 5.41 Å². The first kappa shape index (κ1) is 17.5. The molecule has 0 saturated carbocycles. The molecule has 5 nitrogen and oxygen atoms in total. The molecule has 1 aliphatic heterocycles. The normalized spacial score (nSPS) is 19.5. The zero-order chi connectivity index (χ0) is 17.0. The van der Waals surface area contributed by atoms with Gasteiger partial charge in [0.25, 0.3) is 0 Å². The molecule has 0 bridgehead atoms. The van der Waals surface area contributed by atoms with E-state index in [1.807, 2.05) is 43.9 Å². The van der Waals surface area contributed by atoms with Gasteiger partial charge in [0.05, 0.1) is 12.6 Å². The van der Waals surface area contributed by atoms with Gasteiger partial charge in [0, 0.05) is 25.0 Å². The number of piperazine rings is 1. The Morgan fingerprint density at radius 2 is 1.83 bits per heavy atom. The first-order chi connectivity index (χ1) is 10.8. The molecule has 0 aliphatic carbocycles. The van der Waals surface area contributed by atoms with Crippen LogP contribution in [0.2, 0.25) is 0 Å². The molecular formula is C18H27N3O2. The fourth-order valence-electron chi connectivity index (χ4n) is 2.70. The highest BCUT2D eigenvalue weighted by Gasteiger charge is 2.30. The molecule has 1 atom stereocenters. The minimum Gasteiger partial charge on any atom is -0.347 e. The monoisotopic (exact) mass is 317 g/mol. The summed E-state index contributed by atoms with van der Waals surface area (Å²) < 4.78 is 0. The third-order valence-corrected chi connectivity index (χ3v) is 4.17. The van der Waals surface area contributed by atoms with Gasteiger partial charge in [-0.15, -0.1) is 0 Å². The first-order valence-electron chi connectivity index (χ1n) is 8.10. The number of carbonyl (C=O) groups is 2. The molecule has 23 heavy (non-hydrogen) atoms. The maximum absolute atomic E-state index is 12.6. The van der Waals surface area contributed by atoms with E-state index in [-0.39, 0.29) is 24.4 Å². The van der Waals surface area contributed by atoms with Crippen molar-refractivity contribution in [2.45, 2.75) is 26.8 Å². The van der Waals surface area contributed by atoms with Crippen LogP contribution >= 0.6 is 0 Å². The van der Waals surface area contributed by atoms with Crippen LogP contribution in [0.4, 0.5) is 0 Å². The van der Waals surface area contributed by atoms with Gasteiger partial charge in [-0.3, -0.25) is 9.59 Å². The zero-order valence-electron chi connectivity index (χ0n) is 14.5. The van der Waals surface area contributed by atoms with Gasteiger partial charge < -0.3 is 15.1 Å². The Bertz CT molecular complexity index is 551. The minimum atomic E-state index is -0.485. The molecule has 2 amide bonds. The fourth-order valence-corrected chi connectivity index (χ4v) is 2.70. The third kappa shape index (κ3) is 4.55. The van der Waals surface area contributed by atoms with E-state index in [0.29, 0.717) is 6.54 Å².